The average Bonchev–Trinajstić information content (AvgIpc) is 2.69. The molecule has 6 heteroatoms. The van der Waals surface area contributed by atoms with Crippen LogP contribution in [0.3, 0.4) is 0 Å². The van der Waals surface area contributed by atoms with Crippen molar-refractivity contribution in [2.75, 3.05) is 7.05 Å². The Hall–Kier alpha value is -1.87. The molecule has 1 amide bonds. The van der Waals surface area contributed by atoms with E-state index in [-0.39, 0.29) is 17.4 Å². The van der Waals surface area contributed by atoms with Gasteiger partial charge in [0.05, 0.1) is 0 Å². The maximum absolute atomic E-state index is 11.5. The van der Waals surface area contributed by atoms with Crippen molar-refractivity contribution in [3.63, 3.8) is 0 Å². The van der Waals surface area contributed by atoms with Gasteiger partial charge in [0.1, 0.15) is 10.7 Å². The number of hydrogen-bond acceptors (Lipinski definition) is 4. The Labute approximate surface area is 99.2 Å². The summed E-state index contributed by atoms with van der Waals surface area (Å²) in [6.07, 6.45) is 0. The summed E-state index contributed by atoms with van der Waals surface area (Å²) in [6, 6.07) is 5.13. The van der Waals surface area contributed by atoms with E-state index in [1.54, 1.807) is 12.1 Å². The van der Waals surface area contributed by atoms with Crippen molar-refractivity contribution in [2.45, 2.75) is 0 Å². The molecule has 16 heavy (non-hydrogen) atoms. The maximum Gasteiger partial charge on any atom is 0.273 e. The lowest BCUT2D eigenvalue weighted by Gasteiger charge is -2.00. The van der Waals surface area contributed by atoms with Crippen LogP contribution < -0.4 is 5.32 Å². The van der Waals surface area contributed by atoms with E-state index in [9.17, 15) is 4.79 Å². The molecule has 80 valence electrons. The van der Waals surface area contributed by atoms with Gasteiger partial charge in [-0.05, 0) is 22.0 Å². The van der Waals surface area contributed by atoms with Crippen molar-refractivity contribution in [3.05, 3.63) is 28.2 Å². The zero-order chi connectivity index (χ0) is 11.7. The second kappa shape index (κ2) is 3.94. The molecule has 0 spiro atoms. The lowest BCUT2D eigenvalue weighted by molar-refractivity contribution is 0.0959. The van der Waals surface area contributed by atoms with Crippen molar-refractivity contribution in [3.8, 4) is 6.07 Å². The van der Waals surface area contributed by atoms with Gasteiger partial charge in [0.2, 0.25) is 5.76 Å². The molecule has 0 saturated heterocycles. The highest BCUT2D eigenvalue weighted by Crippen LogP contribution is 2.24. The number of nitriles is 1. The molecule has 0 bridgehead atoms. The van der Waals surface area contributed by atoms with Crippen LogP contribution in [-0.2, 0) is 0 Å². The summed E-state index contributed by atoms with van der Waals surface area (Å²) in [4.78, 5) is 15.6. The Morgan fingerprint density at radius 1 is 1.62 bits per heavy atom. The summed E-state index contributed by atoms with van der Waals surface area (Å²) >= 11 is 3.20. The number of amides is 1. The fraction of sp³-hybridized carbons (Fsp3) is 0.100. The Morgan fingerprint density at radius 2 is 2.38 bits per heavy atom. The van der Waals surface area contributed by atoms with Crippen LogP contribution in [0.25, 0.3) is 11.0 Å². The number of hydrogen-bond donors (Lipinski definition) is 1. The number of carbonyl (C=O) groups excluding carboxylic acids is 1. The molecular formula is C10H6BrN3O2. The third-order valence-electron chi connectivity index (χ3n) is 2.02. The minimum absolute atomic E-state index is 0.153. The predicted octanol–water partition coefficient (Wildman–Crippen LogP) is 1.82. The smallest absolute Gasteiger partial charge is 0.273 e. The molecule has 2 aromatic rings. The number of rotatable bonds is 1. The molecule has 0 fully saturated rings. The van der Waals surface area contributed by atoms with Crippen LogP contribution in [-0.4, -0.2) is 17.9 Å². The molecule has 0 unspecified atom stereocenters. The lowest BCUT2D eigenvalue weighted by Crippen LogP contribution is -2.19. The highest BCUT2D eigenvalue weighted by molar-refractivity contribution is 9.10. The van der Waals surface area contributed by atoms with Crippen LogP contribution in [0.4, 0.5) is 0 Å². The third kappa shape index (κ3) is 1.66. The summed E-state index contributed by atoms with van der Waals surface area (Å²) in [6.45, 7) is 0. The summed E-state index contributed by atoms with van der Waals surface area (Å²) in [7, 11) is 1.50. The number of halogens is 1. The highest BCUT2D eigenvalue weighted by atomic mass is 79.9. The first-order valence-electron chi connectivity index (χ1n) is 4.38. The summed E-state index contributed by atoms with van der Waals surface area (Å²) in [5.41, 5.74) is 0.479. The van der Waals surface area contributed by atoms with Crippen molar-refractivity contribution >= 4 is 32.8 Å². The maximum atomic E-state index is 11.5. The number of fused-ring (bicyclic) bond motifs is 1. The standard InChI is InChI=1S/C10H6BrN3O2/c1-13-10(15)8-9-5(3-7(11)14-8)2-6(4-12)16-9/h2-3H,1H3,(H,13,15). The Bertz CT molecular complexity index is 612. The van der Waals surface area contributed by atoms with E-state index in [0.717, 1.165) is 0 Å². The van der Waals surface area contributed by atoms with Gasteiger partial charge in [-0.25, -0.2) is 4.98 Å². The Kier molecular flexibility index (Phi) is 2.62. The van der Waals surface area contributed by atoms with E-state index in [1.165, 1.54) is 7.05 Å². The quantitative estimate of drug-likeness (QED) is 0.808. The average molecular weight is 280 g/mol. The monoisotopic (exact) mass is 279 g/mol. The minimum Gasteiger partial charge on any atom is -0.443 e. The second-order valence-electron chi connectivity index (χ2n) is 3.01. The minimum atomic E-state index is -0.356. The Morgan fingerprint density at radius 3 is 3.00 bits per heavy atom. The van der Waals surface area contributed by atoms with Gasteiger partial charge in [0, 0.05) is 18.5 Å². The molecule has 0 saturated carbocycles. The van der Waals surface area contributed by atoms with Gasteiger partial charge in [-0.2, -0.15) is 5.26 Å². The fourth-order valence-corrected chi connectivity index (χ4v) is 1.77. The molecule has 0 aliphatic heterocycles. The van der Waals surface area contributed by atoms with E-state index in [0.29, 0.717) is 15.6 Å². The topological polar surface area (TPSA) is 78.9 Å². The SMILES string of the molecule is CNC(=O)c1nc(Br)cc2cc(C#N)oc12. The molecule has 0 aromatic carbocycles. The normalized spacial score (nSPS) is 10.1. The predicted molar refractivity (Wildman–Crippen MR) is 59.8 cm³/mol. The van der Waals surface area contributed by atoms with E-state index in [1.807, 2.05) is 6.07 Å². The lowest BCUT2D eigenvalue weighted by atomic mass is 10.2. The fourth-order valence-electron chi connectivity index (χ4n) is 1.34. The van der Waals surface area contributed by atoms with Crippen LogP contribution in [0.1, 0.15) is 16.2 Å². The molecule has 0 aliphatic rings. The van der Waals surface area contributed by atoms with Crippen molar-refractivity contribution in [1.29, 1.82) is 5.26 Å². The molecule has 2 rings (SSSR count). The summed E-state index contributed by atoms with van der Waals surface area (Å²) in [5, 5.41) is 11.8. The third-order valence-corrected chi connectivity index (χ3v) is 2.43. The van der Waals surface area contributed by atoms with Crippen LogP contribution in [0.15, 0.2) is 21.2 Å². The van der Waals surface area contributed by atoms with Gasteiger partial charge in [-0.1, -0.05) is 0 Å². The van der Waals surface area contributed by atoms with Crippen LogP contribution >= 0.6 is 15.9 Å². The van der Waals surface area contributed by atoms with Gasteiger partial charge in [-0.15, -0.1) is 0 Å². The van der Waals surface area contributed by atoms with Crippen LogP contribution in [0.5, 0.6) is 0 Å². The number of furan rings is 1. The van der Waals surface area contributed by atoms with E-state index in [2.05, 4.69) is 26.2 Å². The number of pyridine rings is 1. The van der Waals surface area contributed by atoms with Crippen LogP contribution in [0.2, 0.25) is 0 Å². The first kappa shape index (κ1) is 10.6. The second-order valence-corrected chi connectivity index (χ2v) is 3.83. The zero-order valence-electron chi connectivity index (χ0n) is 8.24. The van der Waals surface area contributed by atoms with Gasteiger partial charge >= 0.3 is 0 Å². The van der Waals surface area contributed by atoms with Crippen LogP contribution in [0, 0.1) is 11.3 Å². The van der Waals surface area contributed by atoms with Crippen molar-refractivity contribution < 1.29 is 9.21 Å². The van der Waals surface area contributed by atoms with Gasteiger partial charge in [-0.3, -0.25) is 4.79 Å². The molecular weight excluding hydrogens is 274 g/mol. The van der Waals surface area contributed by atoms with E-state index >= 15 is 0 Å². The van der Waals surface area contributed by atoms with E-state index in [4.69, 9.17) is 9.68 Å². The van der Waals surface area contributed by atoms with Gasteiger partial charge in [0.25, 0.3) is 5.91 Å². The van der Waals surface area contributed by atoms with Gasteiger partial charge in [0.15, 0.2) is 11.3 Å². The highest BCUT2D eigenvalue weighted by Gasteiger charge is 2.16. The molecule has 2 aromatic heterocycles. The van der Waals surface area contributed by atoms with E-state index < -0.39 is 0 Å². The molecule has 5 nitrogen and oxygen atoms in total. The molecule has 0 aliphatic carbocycles. The number of carbonyl (C=O) groups is 1. The number of nitrogens with one attached hydrogen (secondary N) is 1. The first-order chi connectivity index (χ1) is 7.65. The Balaban J connectivity index is 2.77. The van der Waals surface area contributed by atoms with Crippen molar-refractivity contribution in [2.24, 2.45) is 0 Å². The number of aromatic nitrogens is 1. The summed E-state index contributed by atoms with van der Waals surface area (Å²) in [5.74, 6) is -0.204. The first-order valence-corrected chi connectivity index (χ1v) is 5.17. The number of nitrogens with zero attached hydrogens (tertiary/aromatic N) is 2. The van der Waals surface area contributed by atoms with Gasteiger partial charge < -0.3 is 9.73 Å². The molecule has 2 heterocycles. The largest absolute Gasteiger partial charge is 0.443 e. The summed E-state index contributed by atoms with van der Waals surface area (Å²) < 4.78 is 5.74. The zero-order valence-corrected chi connectivity index (χ0v) is 9.83. The van der Waals surface area contributed by atoms with Crippen molar-refractivity contribution in [1.82, 2.24) is 10.3 Å². The molecule has 1 N–H and O–H groups in total. The molecule has 0 atom stereocenters. The molecule has 0 radical (unpaired) electrons.